The Hall–Kier alpha value is -1.79. The highest BCUT2D eigenvalue weighted by Gasteiger charge is 2.21. The normalized spacial score (nSPS) is 12.0. The van der Waals surface area contributed by atoms with Crippen molar-refractivity contribution in [1.29, 1.82) is 0 Å². The molecule has 0 atom stereocenters. The molecule has 0 bridgehead atoms. The van der Waals surface area contributed by atoms with Crippen molar-refractivity contribution in [1.82, 2.24) is 9.36 Å². The van der Waals surface area contributed by atoms with Crippen molar-refractivity contribution < 1.29 is 9.13 Å². The van der Waals surface area contributed by atoms with Crippen LogP contribution in [0, 0.1) is 5.82 Å². The summed E-state index contributed by atoms with van der Waals surface area (Å²) in [6.07, 6.45) is 3.70. The van der Waals surface area contributed by atoms with Crippen molar-refractivity contribution >= 4 is 22.7 Å². The first-order valence-electron chi connectivity index (χ1n) is 7.00. The van der Waals surface area contributed by atoms with Gasteiger partial charge in [0.2, 0.25) is 5.13 Å². The lowest BCUT2D eigenvalue weighted by Gasteiger charge is -2.25. The van der Waals surface area contributed by atoms with Crippen LogP contribution in [-0.4, -0.2) is 29.6 Å². The Balaban J connectivity index is 1.95. The molecule has 1 aromatic heterocycles. The van der Waals surface area contributed by atoms with E-state index in [1.165, 1.54) is 23.7 Å². The fourth-order valence-electron chi connectivity index (χ4n) is 1.92. The molecule has 0 fully saturated rings. The Labute approximate surface area is 134 Å². The monoisotopic (exact) mass is 321 g/mol. The minimum atomic E-state index is -0.218. The predicted molar refractivity (Wildman–Crippen MR) is 88.7 cm³/mol. The maximum Gasteiger partial charge on any atom is 0.202 e. The number of rotatable bonds is 7. The van der Waals surface area contributed by atoms with Crippen LogP contribution in [0.5, 0.6) is 0 Å². The van der Waals surface area contributed by atoms with E-state index in [0.29, 0.717) is 19.0 Å². The van der Waals surface area contributed by atoms with Crippen LogP contribution in [0.2, 0.25) is 0 Å². The summed E-state index contributed by atoms with van der Waals surface area (Å²) in [4.78, 5) is 4.39. The minimum absolute atomic E-state index is 0.134. The maximum absolute atomic E-state index is 13.0. The largest absolute Gasteiger partial charge is 0.381 e. The molecule has 2 rings (SSSR count). The van der Waals surface area contributed by atoms with Gasteiger partial charge < -0.3 is 10.1 Å². The first kappa shape index (κ1) is 16.6. The highest BCUT2D eigenvalue weighted by Crippen LogP contribution is 2.24. The molecular formula is C16H20FN3OS. The molecule has 0 unspecified atom stereocenters. The molecule has 4 nitrogen and oxygen atoms in total. The van der Waals surface area contributed by atoms with E-state index in [4.69, 9.17) is 4.74 Å². The molecule has 0 aliphatic heterocycles. The summed E-state index contributed by atoms with van der Waals surface area (Å²) in [7, 11) is 1.64. The number of nitrogens with one attached hydrogen (secondary N) is 1. The van der Waals surface area contributed by atoms with Crippen LogP contribution in [0.3, 0.4) is 0 Å². The van der Waals surface area contributed by atoms with Gasteiger partial charge in [0.25, 0.3) is 0 Å². The first-order valence-corrected chi connectivity index (χ1v) is 7.78. The van der Waals surface area contributed by atoms with Gasteiger partial charge in [0, 0.05) is 30.6 Å². The Morgan fingerprint density at radius 3 is 2.73 bits per heavy atom. The molecule has 0 radical (unpaired) electrons. The van der Waals surface area contributed by atoms with Gasteiger partial charge in [0.05, 0.1) is 6.61 Å². The molecule has 118 valence electrons. The Bertz CT molecular complexity index is 623. The highest BCUT2D eigenvalue weighted by atomic mass is 32.1. The molecule has 0 aliphatic rings. The van der Waals surface area contributed by atoms with Crippen molar-refractivity contribution in [2.24, 2.45) is 0 Å². The van der Waals surface area contributed by atoms with Gasteiger partial charge in [0.15, 0.2) is 5.82 Å². The van der Waals surface area contributed by atoms with Crippen LogP contribution >= 0.6 is 11.5 Å². The highest BCUT2D eigenvalue weighted by molar-refractivity contribution is 7.09. The summed E-state index contributed by atoms with van der Waals surface area (Å²) < 4.78 is 22.2. The van der Waals surface area contributed by atoms with Crippen LogP contribution in [0.1, 0.15) is 25.2 Å². The van der Waals surface area contributed by atoms with E-state index in [2.05, 4.69) is 28.5 Å². The minimum Gasteiger partial charge on any atom is -0.381 e. The summed E-state index contributed by atoms with van der Waals surface area (Å²) in [6.45, 7) is 5.44. The number of benzene rings is 1. The molecule has 0 spiro atoms. The molecule has 0 aliphatic carbocycles. The second-order valence-electron chi connectivity index (χ2n) is 5.56. The lowest BCUT2D eigenvalue weighted by molar-refractivity contribution is 0.234. The van der Waals surface area contributed by atoms with Crippen molar-refractivity contribution in [3.8, 4) is 0 Å². The molecule has 22 heavy (non-hydrogen) atoms. The van der Waals surface area contributed by atoms with Gasteiger partial charge in [-0.3, -0.25) is 0 Å². The van der Waals surface area contributed by atoms with Gasteiger partial charge in [-0.15, -0.1) is 0 Å². The van der Waals surface area contributed by atoms with E-state index in [0.717, 1.165) is 10.7 Å². The van der Waals surface area contributed by atoms with E-state index < -0.39 is 0 Å². The first-order chi connectivity index (χ1) is 10.5. The lowest BCUT2D eigenvalue weighted by atomic mass is 9.85. The standard InChI is InChI=1S/C16H20FN3OS/c1-16(2,12-6-8-13(17)9-7-12)11-18-15-19-14(20-22-15)5-4-10-21-3/h4-9H,10-11H2,1-3H3,(H,18,19,20)/b5-4+. The number of ether oxygens (including phenoxy) is 1. The third-order valence-electron chi connectivity index (χ3n) is 3.28. The number of halogens is 1. The van der Waals surface area contributed by atoms with Crippen molar-refractivity contribution in [2.75, 3.05) is 25.6 Å². The van der Waals surface area contributed by atoms with E-state index in [1.54, 1.807) is 7.11 Å². The molecule has 1 heterocycles. The SMILES string of the molecule is COC/C=C/c1nsc(NCC(C)(C)c2ccc(F)cc2)n1. The molecule has 0 saturated heterocycles. The number of anilines is 1. The summed E-state index contributed by atoms with van der Waals surface area (Å²) in [5.74, 6) is 0.452. The number of nitrogens with zero attached hydrogens (tertiary/aromatic N) is 2. The van der Waals surface area contributed by atoms with Gasteiger partial charge in [0.1, 0.15) is 5.82 Å². The van der Waals surface area contributed by atoms with Gasteiger partial charge in [-0.2, -0.15) is 9.36 Å². The van der Waals surface area contributed by atoms with Gasteiger partial charge in [-0.1, -0.05) is 32.1 Å². The fourth-order valence-corrected chi connectivity index (χ4v) is 2.48. The summed E-state index contributed by atoms with van der Waals surface area (Å²) in [6, 6.07) is 6.60. The molecule has 1 N–H and O–H groups in total. The van der Waals surface area contributed by atoms with Gasteiger partial charge >= 0.3 is 0 Å². The third kappa shape index (κ3) is 4.61. The van der Waals surface area contributed by atoms with Gasteiger partial charge in [-0.25, -0.2) is 4.39 Å². The van der Waals surface area contributed by atoms with Crippen LogP contribution in [0.25, 0.3) is 6.08 Å². The average molecular weight is 321 g/mol. The Morgan fingerprint density at radius 1 is 1.32 bits per heavy atom. The van der Waals surface area contributed by atoms with Crippen LogP contribution in [0.4, 0.5) is 9.52 Å². The average Bonchev–Trinajstić information content (AvgIpc) is 2.94. The maximum atomic E-state index is 13.0. The number of methoxy groups -OCH3 is 1. The number of hydrogen-bond donors (Lipinski definition) is 1. The summed E-state index contributed by atoms with van der Waals surface area (Å²) in [5.41, 5.74) is 0.942. The quantitative estimate of drug-likeness (QED) is 0.844. The smallest absolute Gasteiger partial charge is 0.202 e. The second kappa shape index (κ2) is 7.47. The van der Waals surface area contributed by atoms with Gasteiger partial charge in [-0.05, 0) is 23.8 Å². The Morgan fingerprint density at radius 2 is 2.05 bits per heavy atom. The molecule has 0 amide bonds. The summed E-state index contributed by atoms with van der Waals surface area (Å²) >= 11 is 1.32. The molecular weight excluding hydrogens is 301 g/mol. The number of aromatic nitrogens is 2. The van der Waals surface area contributed by atoms with Crippen molar-refractivity contribution in [2.45, 2.75) is 19.3 Å². The lowest BCUT2D eigenvalue weighted by Crippen LogP contribution is -2.27. The zero-order chi connectivity index (χ0) is 16.0. The van der Waals surface area contributed by atoms with E-state index >= 15 is 0 Å². The Kier molecular flexibility index (Phi) is 5.63. The zero-order valence-electron chi connectivity index (χ0n) is 13.0. The number of hydrogen-bond acceptors (Lipinski definition) is 5. The van der Waals surface area contributed by atoms with Crippen LogP contribution in [0.15, 0.2) is 30.3 Å². The predicted octanol–water partition coefficient (Wildman–Crippen LogP) is 3.73. The molecule has 2 aromatic rings. The second-order valence-corrected chi connectivity index (χ2v) is 6.31. The molecule has 0 saturated carbocycles. The summed E-state index contributed by atoms with van der Waals surface area (Å²) in [5, 5.41) is 4.07. The third-order valence-corrected chi connectivity index (χ3v) is 3.97. The van der Waals surface area contributed by atoms with Crippen molar-refractivity contribution in [3.05, 3.63) is 47.5 Å². The molecule has 1 aromatic carbocycles. The van der Waals surface area contributed by atoms with Crippen molar-refractivity contribution in [3.63, 3.8) is 0 Å². The van der Waals surface area contributed by atoms with Crippen LogP contribution < -0.4 is 5.32 Å². The fraction of sp³-hybridized carbons (Fsp3) is 0.375. The van der Waals surface area contributed by atoms with E-state index in [9.17, 15) is 4.39 Å². The van der Waals surface area contributed by atoms with Crippen LogP contribution in [-0.2, 0) is 10.2 Å². The topological polar surface area (TPSA) is 47.0 Å². The van der Waals surface area contributed by atoms with E-state index in [-0.39, 0.29) is 11.2 Å². The zero-order valence-corrected chi connectivity index (χ0v) is 13.8. The molecule has 6 heteroatoms. The van der Waals surface area contributed by atoms with E-state index in [1.807, 2.05) is 24.3 Å².